The number of fused-ring (bicyclic) bond motifs is 1. The number of nitrogens with one attached hydrogen (secondary N) is 2. The molecule has 1 aromatic carbocycles. The van der Waals surface area contributed by atoms with Crippen LogP contribution in [0.4, 0.5) is 11.5 Å². The van der Waals surface area contributed by atoms with Gasteiger partial charge in [0, 0.05) is 34.7 Å². The Morgan fingerprint density at radius 3 is 2.76 bits per heavy atom. The zero-order valence-electron chi connectivity index (χ0n) is 11.8. The molecule has 0 aliphatic rings. The first-order valence-corrected chi connectivity index (χ1v) is 6.53. The molecule has 6 nitrogen and oxygen atoms in total. The van der Waals surface area contributed by atoms with Crippen LogP contribution in [0.5, 0.6) is 0 Å². The van der Waals surface area contributed by atoms with Crippen LogP contribution in [0.25, 0.3) is 10.9 Å². The molecule has 0 aliphatic heterocycles. The normalized spacial score (nSPS) is 10.8. The Bertz CT molecular complexity index is 837. The van der Waals surface area contributed by atoms with E-state index in [-0.39, 0.29) is 17.4 Å². The summed E-state index contributed by atoms with van der Waals surface area (Å²) < 4.78 is 0. The molecule has 0 radical (unpaired) electrons. The van der Waals surface area contributed by atoms with Crippen LogP contribution >= 0.6 is 0 Å². The lowest BCUT2D eigenvalue weighted by Gasteiger charge is -2.06. The molecule has 3 aromatic rings. The third-order valence-electron chi connectivity index (χ3n) is 3.51. The number of rotatable bonds is 2. The number of carbonyl (C=O) groups excluding carboxylic acids is 1. The van der Waals surface area contributed by atoms with Gasteiger partial charge in [0.05, 0.1) is 0 Å². The smallest absolute Gasteiger partial charge is 0.278 e. The Kier molecular flexibility index (Phi) is 3.06. The number of benzene rings is 1. The molecule has 106 valence electrons. The average molecular weight is 281 g/mol. The molecule has 0 atom stereocenters. The molecular formula is C15H15N5O. The number of aryl methyl sites for hydroxylation is 2. The van der Waals surface area contributed by atoms with E-state index in [2.05, 4.69) is 20.3 Å². The molecule has 0 unspecified atom stereocenters. The number of aromatic nitrogens is 3. The molecule has 21 heavy (non-hydrogen) atoms. The Hall–Kier alpha value is -2.89. The summed E-state index contributed by atoms with van der Waals surface area (Å²) in [4.78, 5) is 23.3. The molecular weight excluding hydrogens is 266 g/mol. The second-order valence-electron chi connectivity index (χ2n) is 4.88. The van der Waals surface area contributed by atoms with Crippen LogP contribution in [0.2, 0.25) is 0 Å². The predicted octanol–water partition coefficient (Wildman–Crippen LogP) is 2.41. The van der Waals surface area contributed by atoms with E-state index in [0.29, 0.717) is 5.69 Å². The third kappa shape index (κ3) is 2.31. The van der Waals surface area contributed by atoms with E-state index in [9.17, 15) is 4.79 Å². The van der Waals surface area contributed by atoms with Gasteiger partial charge in [-0.2, -0.15) is 0 Å². The van der Waals surface area contributed by atoms with E-state index in [4.69, 9.17) is 5.73 Å². The van der Waals surface area contributed by atoms with Crippen molar-refractivity contribution in [2.24, 2.45) is 0 Å². The monoisotopic (exact) mass is 281 g/mol. The molecule has 2 aromatic heterocycles. The Morgan fingerprint density at radius 1 is 1.24 bits per heavy atom. The summed E-state index contributed by atoms with van der Waals surface area (Å²) in [6.45, 7) is 4.06. The number of nitrogens with zero attached hydrogens (tertiary/aromatic N) is 2. The molecule has 4 N–H and O–H groups in total. The van der Waals surface area contributed by atoms with Gasteiger partial charge in [-0.1, -0.05) is 0 Å². The number of H-pyrrole nitrogens is 1. The molecule has 0 saturated heterocycles. The number of aromatic amines is 1. The fraction of sp³-hybridized carbons (Fsp3) is 0.133. The molecule has 0 fully saturated rings. The van der Waals surface area contributed by atoms with E-state index in [1.54, 1.807) is 0 Å². The largest absolute Gasteiger partial charge is 0.382 e. The van der Waals surface area contributed by atoms with E-state index in [1.807, 2.05) is 32.0 Å². The van der Waals surface area contributed by atoms with Crippen molar-refractivity contribution in [1.29, 1.82) is 0 Å². The van der Waals surface area contributed by atoms with Gasteiger partial charge < -0.3 is 16.0 Å². The van der Waals surface area contributed by atoms with Crippen molar-refractivity contribution in [2.45, 2.75) is 13.8 Å². The highest BCUT2D eigenvalue weighted by Gasteiger charge is 2.13. The first-order chi connectivity index (χ1) is 10.1. The van der Waals surface area contributed by atoms with Crippen LogP contribution in [0.15, 0.2) is 30.6 Å². The Balaban J connectivity index is 1.93. The highest BCUT2D eigenvalue weighted by Crippen LogP contribution is 2.24. The number of amides is 1. The van der Waals surface area contributed by atoms with Gasteiger partial charge >= 0.3 is 0 Å². The first kappa shape index (κ1) is 13.1. The molecule has 1 amide bonds. The van der Waals surface area contributed by atoms with E-state index in [0.717, 1.165) is 16.6 Å². The van der Waals surface area contributed by atoms with Gasteiger partial charge in [0.25, 0.3) is 5.91 Å². The van der Waals surface area contributed by atoms with Crippen molar-refractivity contribution in [3.63, 3.8) is 0 Å². The average Bonchev–Trinajstić information content (AvgIpc) is 2.75. The molecule has 0 spiro atoms. The minimum absolute atomic E-state index is 0.116. The second-order valence-corrected chi connectivity index (χ2v) is 4.88. The zero-order valence-corrected chi connectivity index (χ0v) is 11.8. The van der Waals surface area contributed by atoms with Gasteiger partial charge in [-0.25, -0.2) is 9.97 Å². The highest BCUT2D eigenvalue weighted by molar-refractivity contribution is 6.06. The van der Waals surface area contributed by atoms with Crippen LogP contribution in [-0.2, 0) is 0 Å². The van der Waals surface area contributed by atoms with Gasteiger partial charge in [0.2, 0.25) is 0 Å². The van der Waals surface area contributed by atoms with E-state index in [1.165, 1.54) is 18.0 Å². The quantitative estimate of drug-likeness (QED) is 0.672. The van der Waals surface area contributed by atoms with Gasteiger partial charge in [0.15, 0.2) is 11.5 Å². The summed E-state index contributed by atoms with van der Waals surface area (Å²) in [5.74, 6) is -0.255. The summed E-state index contributed by atoms with van der Waals surface area (Å²) in [5, 5.41) is 3.87. The lowest BCUT2D eigenvalue weighted by Crippen LogP contribution is -2.16. The minimum Gasteiger partial charge on any atom is -0.382 e. The van der Waals surface area contributed by atoms with Crippen LogP contribution < -0.4 is 11.1 Å². The topological polar surface area (TPSA) is 96.7 Å². The fourth-order valence-corrected chi connectivity index (χ4v) is 2.25. The number of hydrogen-bond donors (Lipinski definition) is 3. The summed E-state index contributed by atoms with van der Waals surface area (Å²) in [6.07, 6.45) is 2.89. The van der Waals surface area contributed by atoms with E-state index >= 15 is 0 Å². The number of carbonyl (C=O) groups is 1. The summed E-state index contributed by atoms with van der Waals surface area (Å²) in [5.41, 5.74) is 9.80. The van der Waals surface area contributed by atoms with Gasteiger partial charge in [-0.05, 0) is 37.6 Å². The summed E-state index contributed by atoms with van der Waals surface area (Å²) in [6, 6.07) is 5.70. The van der Waals surface area contributed by atoms with Crippen molar-refractivity contribution in [3.05, 3.63) is 47.5 Å². The van der Waals surface area contributed by atoms with Gasteiger partial charge in [0.1, 0.15) is 0 Å². The number of nitrogen functional groups attached to an aromatic ring is 1. The maximum atomic E-state index is 12.2. The SMILES string of the molecule is Cc1[nH]c2ccc(NC(=O)c3nccnc3N)cc2c1C. The van der Waals surface area contributed by atoms with Crippen LogP contribution in [-0.4, -0.2) is 20.9 Å². The zero-order chi connectivity index (χ0) is 15.0. The number of nitrogens with two attached hydrogens (primary N) is 1. The number of hydrogen-bond acceptors (Lipinski definition) is 4. The molecule has 2 heterocycles. The molecule has 6 heteroatoms. The van der Waals surface area contributed by atoms with Crippen LogP contribution in [0, 0.1) is 13.8 Å². The van der Waals surface area contributed by atoms with Crippen molar-refractivity contribution >= 4 is 28.3 Å². The van der Waals surface area contributed by atoms with Crippen LogP contribution in [0.3, 0.4) is 0 Å². The Morgan fingerprint density at radius 2 is 2.00 bits per heavy atom. The van der Waals surface area contributed by atoms with E-state index < -0.39 is 0 Å². The molecule has 0 aliphatic carbocycles. The minimum atomic E-state index is -0.370. The van der Waals surface area contributed by atoms with Gasteiger partial charge in [-0.15, -0.1) is 0 Å². The van der Waals surface area contributed by atoms with Crippen molar-refractivity contribution in [1.82, 2.24) is 15.0 Å². The van der Waals surface area contributed by atoms with Gasteiger partial charge in [-0.3, -0.25) is 4.79 Å². The van der Waals surface area contributed by atoms with Crippen molar-refractivity contribution < 1.29 is 4.79 Å². The predicted molar refractivity (Wildman–Crippen MR) is 82.2 cm³/mol. The maximum absolute atomic E-state index is 12.2. The summed E-state index contributed by atoms with van der Waals surface area (Å²) in [7, 11) is 0. The molecule has 0 bridgehead atoms. The Labute approximate surface area is 121 Å². The highest BCUT2D eigenvalue weighted by atomic mass is 16.1. The summed E-state index contributed by atoms with van der Waals surface area (Å²) >= 11 is 0. The second kappa shape index (κ2) is 4.90. The van der Waals surface area contributed by atoms with Crippen LogP contribution in [0.1, 0.15) is 21.7 Å². The maximum Gasteiger partial charge on any atom is 0.278 e. The lowest BCUT2D eigenvalue weighted by atomic mass is 10.1. The number of anilines is 2. The van der Waals surface area contributed by atoms with Crippen molar-refractivity contribution in [3.8, 4) is 0 Å². The third-order valence-corrected chi connectivity index (χ3v) is 3.51. The standard InChI is InChI=1S/C15H15N5O/c1-8-9(2)19-12-4-3-10(7-11(8)12)20-15(21)13-14(16)18-6-5-17-13/h3-7,19H,1-2H3,(H2,16,18)(H,20,21). The van der Waals surface area contributed by atoms with Crippen molar-refractivity contribution in [2.75, 3.05) is 11.1 Å². The molecule has 0 saturated carbocycles. The molecule has 3 rings (SSSR count). The fourth-order valence-electron chi connectivity index (χ4n) is 2.25. The first-order valence-electron chi connectivity index (χ1n) is 6.53. The lowest BCUT2D eigenvalue weighted by molar-refractivity contribution is 0.102.